The average Bonchev–Trinajstić information content (AvgIpc) is 2.33. The second-order valence-electron chi connectivity index (χ2n) is 5.06. The fourth-order valence-electron chi connectivity index (χ4n) is 1.55. The van der Waals surface area contributed by atoms with Crippen LogP contribution in [0.1, 0.15) is 33.6 Å². The van der Waals surface area contributed by atoms with E-state index in [1.165, 1.54) is 11.8 Å². The Kier molecular flexibility index (Phi) is 6.50. The first-order valence-electron chi connectivity index (χ1n) is 6.56. The van der Waals surface area contributed by atoms with Crippen LogP contribution in [-0.4, -0.2) is 32.7 Å². The molecule has 0 aromatic carbocycles. The zero-order valence-electron chi connectivity index (χ0n) is 12.1. The van der Waals surface area contributed by atoms with E-state index in [0.29, 0.717) is 11.1 Å². The van der Waals surface area contributed by atoms with E-state index in [0.717, 1.165) is 12.8 Å². The van der Waals surface area contributed by atoms with Gasteiger partial charge in [-0.25, -0.2) is 0 Å². The summed E-state index contributed by atoms with van der Waals surface area (Å²) in [5, 5.41) is 3.30. The highest BCUT2D eigenvalue weighted by Crippen LogP contribution is 2.14. The topological polar surface area (TPSA) is 120 Å². The van der Waals surface area contributed by atoms with Crippen molar-refractivity contribution in [3.8, 4) is 0 Å². The van der Waals surface area contributed by atoms with E-state index in [2.05, 4.69) is 34.1 Å². The van der Waals surface area contributed by atoms with Gasteiger partial charge in [-0.15, -0.1) is 0 Å². The van der Waals surface area contributed by atoms with Gasteiger partial charge in [0.05, 0.1) is 5.75 Å². The number of nitrogens with one attached hydrogen (secondary N) is 1. The Labute approximate surface area is 123 Å². The highest BCUT2D eigenvalue weighted by molar-refractivity contribution is 7.99. The number of aromatic nitrogens is 3. The minimum Gasteiger partial charge on any atom is -0.368 e. The first-order chi connectivity index (χ1) is 9.36. The molecule has 0 unspecified atom stereocenters. The molecule has 112 valence electrons. The molecule has 0 bridgehead atoms. The van der Waals surface area contributed by atoms with Crippen molar-refractivity contribution in [2.45, 2.75) is 44.8 Å². The lowest BCUT2D eigenvalue weighted by Crippen LogP contribution is -2.34. The summed E-state index contributed by atoms with van der Waals surface area (Å²) >= 11 is 1.19. The summed E-state index contributed by atoms with van der Waals surface area (Å²) in [7, 11) is 0. The molecule has 1 aromatic heterocycles. The molecular weight excluding hydrogens is 276 g/mol. The fraction of sp³-hybridized carbons (Fsp3) is 0.667. The zero-order valence-corrected chi connectivity index (χ0v) is 12.9. The molecule has 1 atom stereocenters. The number of rotatable bonds is 7. The minimum atomic E-state index is -0.0520. The Hall–Kier alpha value is -1.57. The highest BCUT2D eigenvalue weighted by atomic mass is 32.2. The van der Waals surface area contributed by atoms with Gasteiger partial charge in [0.15, 0.2) is 5.16 Å². The number of hydrogen-bond donors (Lipinski definition) is 3. The van der Waals surface area contributed by atoms with Crippen molar-refractivity contribution in [1.82, 2.24) is 20.3 Å². The van der Waals surface area contributed by atoms with E-state index in [4.69, 9.17) is 11.5 Å². The van der Waals surface area contributed by atoms with Crippen LogP contribution in [0.5, 0.6) is 0 Å². The molecule has 1 rings (SSSR count). The highest BCUT2D eigenvalue weighted by Gasteiger charge is 2.10. The molecule has 0 fully saturated rings. The maximum atomic E-state index is 11.8. The van der Waals surface area contributed by atoms with Crippen molar-refractivity contribution in [2.24, 2.45) is 5.92 Å². The van der Waals surface area contributed by atoms with E-state index >= 15 is 0 Å². The fourth-order valence-corrected chi connectivity index (χ4v) is 2.21. The van der Waals surface area contributed by atoms with Crippen molar-refractivity contribution in [1.29, 1.82) is 0 Å². The average molecular weight is 298 g/mol. The minimum absolute atomic E-state index is 0.0520. The van der Waals surface area contributed by atoms with Crippen LogP contribution in [0.2, 0.25) is 0 Å². The molecular formula is C12H22N6OS. The number of carbonyl (C=O) groups is 1. The summed E-state index contributed by atoms with van der Waals surface area (Å²) in [5.41, 5.74) is 10.9. The Morgan fingerprint density at radius 1 is 1.15 bits per heavy atom. The summed E-state index contributed by atoms with van der Waals surface area (Å²) in [6, 6.07) is 0.166. The van der Waals surface area contributed by atoms with Gasteiger partial charge in [0.1, 0.15) is 0 Å². The summed E-state index contributed by atoms with van der Waals surface area (Å²) in [6.07, 6.45) is 2.06. The monoisotopic (exact) mass is 298 g/mol. The number of carbonyl (C=O) groups excluding carboxylic acids is 1. The third kappa shape index (κ3) is 6.55. The van der Waals surface area contributed by atoms with E-state index in [1.54, 1.807) is 0 Å². The van der Waals surface area contributed by atoms with Crippen LogP contribution in [0.3, 0.4) is 0 Å². The molecule has 8 heteroatoms. The van der Waals surface area contributed by atoms with E-state index < -0.39 is 0 Å². The van der Waals surface area contributed by atoms with Crippen LogP contribution < -0.4 is 16.8 Å². The van der Waals surface area contributed by atoms with Crippen LogP contribution in [0, 0.1) is 5.92 Å². The van der Waals surface area contributed by atoms with Gasteiger partial charge in [0.25, 0.3) is 0 Å². The Balaban J connectivity index is 2.35. The maximum absolute atomic E-state index is 11.8. The lowest BCUT2D eigenvalue weighted by Gasteiger charge is -2.14. The molecule has 7 nitrogen and oxygen atoms in total. The van der Waals surface area contributed by atoms with Crippen molar-refractivity contribution < 1.29 is 4.79 Å². The molecule has 1 aromatic rings. The molecule has 0 spiro atoms. The smallest absolute Gasteiger partial charge is 0.230 e. The quantitative estimate of drug-likeness (QED) is 0.644. The van der Waals surface area contributed by atoms with Crippen LogP contribution in [0.4, 0.5) is 11.9 Å². The molecule has 0 aliphatic carbocycles. The molecule has 20 heavy (non-hydrogen) atoms. The molecule has 0 aliphatic heterocycles. The van der Waals surface area contributed by atoms with Gasteiger partial charge in [-0.2, -0.15) is 15.0 Å². The first kappa shape index (κ1) is 16.5. The summed E-state index contributed by atoms with van der Waals surface area (Å²) in [4.78, 5) is 23.3. The van der Waals surface area contributed by atoms with Gasteiger partial charge in [-0.05, 0) is 25.7 Å². The standard InChI is InChI=1S/C12H22N6OS/c1-7(2)4-5-8(3)15-9(19)6-20-12-17-10(13)16-11(14)18-12/h7-8H,4-6H2,1-3H3,(H,15,19)(H4,13,14,16,17,18)/t8-/m0/s1. The van der Waals surface area contributed by atoms with Gasteiger partial charge in [0, 0.05) is 6.04 Å². The number of nitrogens with two attached hydrogens (primary N) is 2. The van der Waals surface area contributed by atoms with Crippen LogP contribution in [0.25, 0.3) is 0 Å². The summed E-state index contributed by atoms with van der Waals surface area (Å²) in [5.74, 6) is 0.940. The number of amides is 1. The second-order valence-corrected chi connectivity index (χ2v) is 6.01. The SMILES string of the molecule is CC(C)CC[C@H](C)NC(=O)CSc1nc(N)nc(N)n1. The lowest BCUT2D eigenvalue weighted by atomic mass is 10.0. The number of nitrogen functional groups attached to an aromatic ring is 2. The maximum Gasteiger partial charge on any atom is 0.230 e. The molecule has 1 amide bonds. The van der Waals surface area contributed by atoms with Crippen LogP contribution in [-0.2, 0) is 4.79 Å². The predicted molar refractivity (Wildman–Crippen MR) is 81.1 cm³/mol. The van der Waals surface area contributed by atoms with E-state index in [9.17, 15) is 4.79 Å². The van der Waals surface area contributed by atoms with Gasteiger partial charge in [-0.3, -0.25) is 4.79 Å². The first-order valence-corrected chi connectivity index (χ1v) is 7.54. The third-order valence-electron chi connectivity index (χ3n) is 2.57. The Morgan fingerprint density at radius 3 is 2.30 bits per heavy atom. The predicted octanol–water partition coefficient (Wildman–Crippen LogP) is 1.07. The van der Waals surface area contributed by atoms with Crippen molar-refractivity contribution >= 4 is 29.6 Å². The van der Waals surface area contributed by atoms with Crippen molar-refractivity contribution in [2.75, 3.05) is 17.2 Å². The van der Waals surface area contributed by atoms with Gasteiger partial charge in [0.2, 0.25) is 17.8 Å². The third-order valence-corrected chi connectivity index (χ3v) is 3.41. The van der Waals surface area contributed by atoms with Gasteiger partial charge in [-0.1, -0.05) is 25.6 Å². The molecule has 1 heterocycles. The number of anilines is 2. The number of thioether (sulfide) groups is 1. The Morgan fingerprint density at radius 2 is 1.75 bits per heavy atom. The summed E-state index contributed by atoms with van der Waals surface area (Å²) in [6.45, 7) is 6.34. The molecule has 5 N–H and O–H groups in total. The van der Waals surface area contributed by atoms with Crippen molar-refractivity contribution in [3.05, 3.63) is 0 Å². The largest absolute Gasteiger partial charge is 0.368 e. The van der Waals surface area contributed by atoms with E-state index in [-0.39, 0.29) is 29.6 Å². The van der Waals surface area contributed by atoms with Crippen LogP contribution in [0.15, 0.2) is 5.16 Å². The molecule has 0 saturated heterocycles. The zero-order chi connectivity index (χ0) is 15.1. The normalized spacial score (nSPS) is 12.4. The summed E-state index contributed by atoms with van der Waals surface area (Å²) < 4.78 is 0. The Bertz CT molecular complexity index is 433. The number of hydrogen-bond acceptors (Lipinski definition) is 7. The van der Waals surface area contributed by atoms with Gasteiger partial charge >= 0.3 is 0 Å². The van der Waals surface area contributed by atoms with Crippen LogP contribution >= 0.6 is 11.8 Å². The molecule has 0 saturated carbocycles. The van der Waals surface area contributed by atoms with E-state index in [1.807, 2.05) is 6.92 Å². The number of nitrogens with zero attached hydrogens (tertiary/aromatic N) is 3. The van der Waals surface area contributed by atoms with Gasteiger partial charge < -0.3 is 16.8 Å². The molecule has 0 aliphatic rings. The second kappa shape index (κ2) is 7.88. The van der Waals surface area contributed by atoms with Crippen molar-refractivity contribution in [3.63, 3.8) is 0 Å². The lowest BCUT2D eigenvalue weighted by molar-refractivity contribution is -0.119. The molecule has 0 radical (unpaired) electrons.